The number of hydrogen-bond acceptors (Lipinski definition) is 8. The summed E-state index contributed by atoms with van der Waals surface area (Å²) in [5, 5.41) is 47.9. The molecule has 5 atom stereocenters. The lowest BCUT2D eigenvalue weighted by Crippen LogP contribution is -2.53. The second-order valence-electron chi connectivity index (χ2n) is 8.41. The molecule has 0 aliphatic carbocycles. The van der Waals surface area contributed by atoms with Gasteiger partial charge in [-0.25, -0.2) is 17.9 Å². The van der Waals surface area contributed by atoms with Crippen LogP contribution in [0.4, 0.5) is 13.2 Å². The van der Waals surface area contributed by atoms with Gasteiger partial charge in [-0.2, -0.15) is 0 Å². The van der Waals surface area contributed by atoms with Gasteiger partial charge in [0.1, 0.15) is 42.5 Å². The van der Waals surface area contributed by atoms with Crippen LogP contribution in [0.25, 0.3) is 23.0 Å². The molecule has 2 aromatic heterocycles. The van der Waals surface area contributed by atoms with E-state index in [1.54, 1.807) is 22.8 Å². The molecule has 1 fully saturated rings. The van der Waals surface area contributed by atoms with Gasteiger partial charge >= 0.3 is 0 Å². The van der Waals surface area contributed by atoms with Crippen molar-refractivity contribution in [3.8, 4) is 16.9 Å². The number of rotatable bonds is 6. The average Bonchev–Trinajstić information content (AvgIpc) is 3.58. The fourth-order valence-electron chi connectivity index (χ4n) is 4.39. The maximum atomic E-state index is 13.7. The predicted molar refractivity (Wildman–Crippen MR) is 123 cm³/mol. The van der Waals surface area contributed by atoms with Crippen molar-refractivity contribution in [2.75, 3.05) is 6.61 Å². The summed E-state index contributed by atoms with van der Waals surface area (Å²) >= 11 is 0. The smallest absolute Gasteiger partial charge is 0.194 e. The summed E-state index contributed by atoms with van der Waals surface area (Å²) in [6, 6.07) is 7.53. The van der Waals surface area contributed by atoms with E-state index in [2.05, 4.69) is 27.1 Å². The molecule has 4 aromatic rings. The third-order valence-electron chi connectivity index (χ3n) is 6.23. The predicted octanol–water partition coefficient (Wildman–Crippen LogP) is 1.98. The summed E-state index contributed by atoms with van der Waals surface area (Å²) in [7, 11) is 0. The van der Waals surface area contributed by atoms with Crippen molar-refractivity contribution >= 4 is 6.08 Å². The summed E-state index contributed by atoms with van der Waals surface area (Å²) in [6.45, 7) is 3.20. The van der Waals surface area contributed by atoms with E-state index in [1.165, 1.54) is 12.5 Å². The lowest BCUT2D eigenvalue weighted by atomic mass is 9.92. The lowest BCUT2D eigenvalue weighted by molar-refractivity contribution is -0.210. The monoisotopic (exact) mass is 514 g/mol. The van der Waals surface area contributed by atoms with Crippen LogP contribution < -0.4 is 0 Å². The van der Waals surface area contributed by atoms with Gasteiger partial charge in [-0.1, -0.05) is 36.1 Å². The Morgan fingerprint density at radius 3 is 2.49 bits per heavy atom. The third kappa shape index (κ3) is 4.31. The fourth-order valence-corrected chi connectivity index (χ4v) is 4.39. The number of halogens is 3. The van der Waals surface area contributed by atoms with Gasteiger partial charge in [-0.3, -0.25) is 4.57 Å². The molecule has 0 amide bonds. The number of benzene rings is 2. The first-order valence-electron chi connectivity index (χ1n) is 11.1. The Morgan fingerprint density at radius 1 is 1.05 bits per heavy atom. The van der Waals surface area contributed by atoms with Crippen LogP contribution in [0.3, 0.4) is 0 Å². The number of aliphatic hydroxyl groups excluding tert-OH is 3. The molecule has 0 unspecified atom stereocenters. The summed E-state index contributed by atoms with van der Waals surface area (Å²) in [5.74, 6) is -4.26. The molecule has 3 N–H and O–H groups in total. The summed E-state index contributed by atoms with van der Waals surface area (Å²) in [6.07, 6.45) is -0.980. The van der Waals surface area contributed by atoms with E-state index in [0.29, 0.717) is 5.69 Å². The van der Waals surface area contributed by atoms with Crippen LogP contribution in [0, 0.1) is 17.5 Å². The lowest BCUT2D eigenvalue weighted by Gasteiger charge is -2.41. The zero-order chi connectivity index (χ0) is 26.3. The van der Waals surface area contributed by atoms with Gasteiger partial charge in [0.15, 0.2) is 23.3 Å². The minimum Gasteiger partial charge on any atom is -0.394 e. The van der Waals surface area contributed by atoms with Gasteiger partial charge in [0.05, 0.1) is 18.5 Å². The molecule has 0 spiro atoms. The Balaban J connectivity index is 1.53. The molecular formula is C24H21F3N6O4. The van der Waals surface area contributed by atoms with Gasteiger partial charge in [0.25, 0.3) is 0 Å². The molecule has 0 bridgehead atoms. The maximum absolute atomic E-state index is 13.7. The van der Waals surface area contributed by atoms with Crippen LogP contribution in [0.2, 0.25) is 0 Å². The third-order valence-corrected chi connectivity index (χ3v) is 6.23. The first kappa shape index (κ1) is 24.8. The van der Waals surface area contributed by atoms with E-state index in [4.69, 9.17) is 4.74 Å². The second kappa shape index (κ2) is 9.86. The summed E-state index contributed by atoms with van der Waals surface area (Å²) in [5.41, 5.74) is 1.27. The molecule has 1 aliphatic rings. The minimum atomic E-state index is -1.62. The molecule has 3 heterocycles. The zero-order valence-electron chi connectivity index (χ0n) is 19.1. The van der Waals surface area contributed by atoms with Crippen LogP contribution in [-0.2, 0) is 4.74 Å². The first-order valence-corrected chi connectivity index (χ1v) is 11.1. The van der Waals surface area contributed by atoms with Gasteiger partial charge in [0.2, 0.25) is 0 Å². The van der Waals surface area contributed by atoms with Crippen molar-refractivity contribution < 1.29 is 33.2 Å². The molecule has 1 aliphatic heterocycles. The molecule has 10 nitrogen and oxygen atoms in total. The van der Waals surface area contributed by atoms with Crippen LogP contribution in [0.5, 0.6) is 0 Å². The van der Waals surface area contributed by atoms with Crippen molar-refractivity contribution in [1.29, 1.82) is 0 Å². The molecule has 13 heteroatoms. The van der Waals surface area contributed by atoms with Crippen LogP contribution >= 0.6 is 0 Å². The summed E-state index contributed by atoms with van der Waals surface area (Å²) < 4.78 is 49.4. The van der Waals surface area contributed by atoms with Gasteiger partial charge in [0, 0.05) is 5.56 Å². The van der Waals surface area contributed by atoms with Gasteiger partial charge in [-0.05, 0) is 23.8 Å². The van der Waals surface area contributed by atoms with E-state index < -0.39 is 54.5 Å². The number of hydrogen-bond donors (Lipinski definition) is 3. The number of aromatic nitrogens is 6. The number of aliphatic hydroxyl groups is 3. The first-order chi connectivity index (χ1) is 17.8. The second-order valence-corrected chi connectivity index (χ2v) is 8.41. The fraction of sp³-hybridized carbons (Fsp3) is 0.250. The molecule has 37 heavy (non-hydrogen) atoms. The van der Waals surface area contributed by atoms with Crippen molar-refractivity contribution in [3.05, 3.63) is 84.3 Å². The highest BCUT2D eigenvalue weighted by atomic mass is 19.2. The molecule has 2 aromatic carbocycles. The Morgan fingerprint density at radius 2 is 1.78 bits per heavy atom. The molecule has 0 saturated carbocycles. The zero-order valence-corrected chi connectivity index (χ0v) is 19.1. The average molecular weight is 514 g/mol. The van der Waals surface area contributed by atoms with Gasteiger partial charge in [-0.15, -0.1) is 15.3 Å². The quantitative estimate of drug-likeness (QED) is 0.333. The van der Waals surface area contributed by atoms with E-state index >= 15 is 0 Å². The highest BCUT2D eigenvalue weighted by Crippen LogP contribution is 2.38. The summed E-state index contributed by atoms with van der Waals surface area (Å²) in [4.78, 5) is 0. The van der Waals surface area contributed by atoms with E-state index in [0.717, 1.165) is 22.4 Å². The van der Waals surface area contributed by atoms with Crippen LogP contribution in [-0.4, -0.2) is 70.0 Å². The Bertz CT molecular complexity index is 1420. The highest BCUT2D eigenvalue weighted by Gasteiger charge is 2.48. The Kier molecular flexibility index (Phi) is 6.60. The van der Waals surface area contributed by atoms with Crippen LogP contribution in [0.1, 0.15) is 23.5 Å². The minimum absolute atomic E-state index is 0.0381. The van der Waals surface area contributed by atoms with E-state index in [1.807, 2.05) is 12.1 Å². The number of ether oxygens (including phenoxy) is 1. The standard InChI is InChI=1S/C24H21F3N6O4/c1-2-12-5-3-4-6-17(12)32-11-28-30-24(32)23-22(36)20(21(35)18(10-34)37-23)33-9-16(29-31-33)13-7-14(25)19(27)15(26)8-13/h2-9,11,18,20-23,34-36H,1,10H2/t18-,20+,21+,22-,23-/m1/s1. The van der Waals surface area contributed by atoms with Crippen LogP contribution in [0.15, 0.2) is 55.5 Å². The van der Waals surface area contributed by atoms with Crippen molar-refractivity contribution in [2.24, 2.45) is 0 Å². The topological polar surface area (TPSA) is 131 Å². The SMILES string of the molecule is C=Cc1ccccc1-n1cnnc1[C@@H]1O[C@H](CO)[C@H](O)[C@H](n2cc(-c3cc(F)c(F)c(F)c3)nn2)[C@H]1O. The molecule has 1 saturated heterocycles. The van der Waals surface area contributed by atoms with Gasteiger partial charge < -0.3 is 20.1 Å². The normalized spacial score (nSPS) is 23.8. The highest BCUT2D eigenvalue weighted by molar-refractivity contribution is 5.59. The molecule has 5 rings (SSSR count). The molecule has 0 radical (unpaired) electrons. The number of nitrogens with zero attached hydrogens (tertiary/aromatic N) is 6. The van der Waals surface area contributed by atoms with Crippen molar-refractivity contribution in [2.45, 2.75) is 30.5 Å². The van der Waals surface area contributed by atoms with Crippen molar-refractivity contribution in [1.82, 2.24) is 29.8 Å². The van der Waals surface area contributed by atoms with Crippen molar-refractivity contribution in [3.63, 3.8) is 0 Å². The molecular weight excluding hydrogens is 493 g/mol. The Labute approximate surface area is 207 Å². The number of para-hydroxylation sites is 1. The Hall–Kier alpha value is -3.91. The van der Waals surface area contributed by atoms with E-state index in [9.17, 15) is 28.5 Å². The molecule has 192 valence electrons. The largest absolute Gasteiger partial charge is 0.394 e. The maximum Gasteiger partial charge on any atom is 0.194 e. The van der Waals surface area contributed by atoms with E-state index in [-0.39, 0.29) is 17.1 Å².